The highest BCUT2D eigenvalue weighted by Crippen LogP contribution is 2.47. The Hall–Kier alpha value is -3.62. The molecule has 2 aliphatic heterocycles. The molecule has 0 N–H and O–H groups in total. The van der Waals surface area contributed by atoms with E-state index in [9.17, 15) is 9.59 Å². The largest absolute Gasteiger partial charge is 0.497 e. The van der Waals surface area contributed by atoms with Crippen LogP contribution in [0.5, 0.6) is 11.5 Å². The normalized spacial score (nSPS) is 17.4. The summed E-state index contributed by atoms with van der Waals surface area (Å²) in [7, 11) is 3.08. The van der Waals surface area contributed by atoms with Gasteiger partial charge in [0.05, 0.1) is 42.6 Å². The Kier molecular flexibility index (Phi) is 5.85. The average molecular weight is 489 g/mol. The summed E-state index contributed by atoms with van der Waals surface area (Å²) >= 11 is 6.71. The molecule has 170 valence electrons. The minimum atomic E-state index is -0.360. The summed E-state index contributed by atoms with van der Waals surface area (Å²) in [4.78, 5) is 30.8. The summed E-state index contributed by atoms with van der Waals surface area (Å²) in [6.45, 7) is 0.407. The summed E-state index contributed by atoms with van der Waals surface area (Å²) in [6, 6.07) is 22.4. The molecule has 0 saturated carbocycles. The van der Waals surface area contributed by atoms with Gasteiger partial charge in [-0.25, -0.2) is 0 Å². The number of hydrogen-bond donors (Lipinski definition) is 0. The first-order chi connectivity index (χ1) is 16.5. The lowest BCUT2D eigenvalue weighted by molar-refractivity contribution is -0.115. The van der Waals surface area contributed by atoms with Gasteiger partial charge in [-0.3, -0.25) is 14.5 Å². The van der Waals surface area contributed by atoms with Crippen LogP contribution in [0.25, 0.3) is 5.57 Å². The highest BCUT2D eigenvalue weighted by Gasteiger charge is 2.43. The molecule has 2 aliphatic rings. The van der Waals surface area contributed by atoms with Crippen molar-refractivity contribution >= 4 is 57.1 Å². The Morgan fingerprint density at radius 2 is 1.59 bits per heavy atom. The Bertz CT molecular complexity index is 1350. The van der Waals surface area contributed by atoms with E-state index in [1.54, 1.807) is 30.2 Å². The number of thioether (sulfide) groups is 1. The highest BCUT2D eigenvalue weighted by atomic mass is 32.2. The molecule has 6 nitrogen and oxygen atoms in total. The first-order valence-electron chi connectivity index (χ1n) is 10.5. The zero-order chi connectivity index (χ0) is 23.8. The SMILES string of the molecule is COc1ccc(OC)c(N2C(=O)/C(=C3/C(=O)N(Cc4ccccc4)c4ccccc43)SC2=S)c1. The van der Waals surface area contributed by atoms with Gasteiger partial charge in [0.2, 0.25) is 0 Å². The van der Waals surface area contributed by atoms with Crippen molar-refractivity contribution in [2.24, 2.45) is 0 Å². The first kappa shape index (κ1) is 22.2. The fourth-order valence-electron chi connectivity index (χ4n) is 4.12. The van der Waals surface area contributed by atoms with Crippen LogP contribution in [0, 0.1) is 0 Å². The summed E-state index contributed by atoms with van der Waals surface area (Å²) in [6.07, 6.45) is 0. The predicted molar refractivity (Wildman–Crippen MR) is 138 cm³/mol. The van der Waals surface area contributed by atoms with E-state index < -0.39 is 0 Å². The maximum atomic E-state index is 13.7. The monoisotopic (exact) mass is 488 g/mol. The predicted octanol–water partition coefficient (Wildman–Crippen LogP) is 5.03. The summed E-state index contributed by atoms with van der Waals surface area (Å²) in [5.74, 6) is 0.463. The molecule has 0 spiro atoms. The molecular formula is C26H20N2O4S2. The number of fused-ring (bicyclic) bond motifs is 1. The molecule has 8 heteroatoms. The molecule has 2 amide bonds. The lowest BCUT2D eigenvalue weighted by Gasteiger charge is -2.19. The molecule has 0 atom stereocenters. The quantitative estimate of drug-likeness (QED) is 0.371. The van der Waals surface area contributed by atoms with Crippen LogP contribution in [-0.4, -0.2) is 30.4 Å². The third kappa shape index (κ3) is 3.65. The van der Waals surface area contributed by atoms with Crippen LogP contribution in [-0.2, 0) is 16.1 Å². The molecule has 0 unspecified atom stereocenters. The molecule has 34 heavy (non-hydrogen) atoms. The molecule has 1 fully saturated rings. The van der Waals surface area contributed by atoms with Crippen molar-refractivity contribution in [3.63, 3.8) is 0 Å². The topological polar surface area (TPSA) is 59.1 Å². The van der Waals surface area contributed by atoms with Crippen LogP contribution in [0.3, 0.4) is 0 Å². The molecular weight excluding hydrogens is 468 g/mol. The molecule has 1 saturated heterocycles. The molecule has 0 radical (unpaired) electrons. The zero-order valence-corrected chi connectivity index (χ0v) is 20.1. The Morgan fingerprint density at radius 1 is 0.853 bits per heavy atom. The number of carbonyl (C=O) groups excluding carboxylic acids is 2. The standard InChI is InChI=1S/C26H20N2O4S2/c1-31-17-12-13-21(32-2)20(14-17)28-25(30)23(34-26(28)33)22-18-10-6-7-11-19(18)27(24(22)29)15-16-8-4-3-5-9-16/h3-14H,15H2,1-2H3/b23-22-. The van der Waals surface area contributed by atoms with E-state index in [-0.39, 0.29) is 11.8 Å². The van der Waals surface area contributed by atoms with Crippen molar-refractivity contribution < 1.29 is 19.1 Å². The number of ether oxygens (including phenoxy) is 2. The molecule has 0 aromatic heterocycles. The summed E-state index contributed by atoms with van der Waals surface area (Å²) < 4.78 is 11.1. The number of nitrogens with zero attached hydrogens (tertiary/aromatic N) is 2. The van der Waals surface area contributed by atoms with Gasteiger partial charge in [-0.2, -0.15) is 0 Å². The van der Waals surface area contributed by atoms with Crippen LogP contribution in [0.4, 0.5) is 11.4 Å². The second-order valence-electron chi connectivity index (χ2n) is 7.64. The maximum Gasteiger partial charge on any atom is 0.271 e. The number of carbonyl (C=O) groups is 2. The second-order valence-corrected chi connectivity index (χ2v) is 9.29. The molecule has 5 rings (SSSR count). The Balaban J connectivity index is 1.59. The van der Waals surface area contributed by atoms with E-state index >= 15 is 0 Å². The van der Waals surface area contributed by atoms with Crippen molar-refractivity contribution in [3.05, 3.63) is 88.8 Å². The van der Waals surface area contributed by atoms with Crippen LogP contribution in [0.15, 0.2) is 77.7 Å². The van der Waals surface area contributed by atoms with Gasteiger partial charge < -0.3 is 14.4 Å². The van der Waals surface area contributed by atoms with Crippen molar-refractivity contribution in [2.75, 3.05) is 24.0 Å². The fraction of sp³-hybridized carbons (Fsp3) is 0.115. The summed E-state index contributed by atoms with van der Waals surface area (Å²) in [5, 5.41) is 0. The van der Waals surface area contributed by atoms with E-state index in [2.05, 4.69) is 0 Å². The fourth-order valence-corrected chi connectivity index (χ4v) is 5.48. The van der Waals surface area contributed by atoms with Crippen LogP contribution < -0.4 is 19.3 Å². The number of benzene rings is 3. The molecule has 3 aromatic carbocycles. The minimum Gasteiger partial charge on any atom is -0.497 e. The van der Waals surface area contributed by atoms with Crippen molar-refractivity contribution in [3.8, 4) is 11.5 Å². The van der Waals surface area contributed by atoms with E-state index in [1.165, 1.54) is 12.0 Å². The smallest absolute Gasteiger partial charge is 0.271 e. The van der Waals surface area contributed by atoms with Crippen LogP contribution in [0.1, 0.15) is 11.1 Å². The van der Waals surface area contributed by atoms with Gasteiger partial charge in [-0.05, 0) is 23.8 Å². The summed E-state index contributed by atoms with van der Waals surface area (Å²) in [5.41, 5.74) is 3.34. The van der Waals surface area contributed by atoms with E-state index in [0.717, 1.165) is 28.6 Å². The zero-order valence-electron chi connectivity index (χ0n) is 18.5. The van der Waals surface area contributed by atoms with Gasteiger partial charge in [0.15, 0.2) is 4.32 Å². The second kappa shape index (κ2) is 8.96. The highest BCUT2D eigenvalue weighted by molar-refractivity contribution is 8.27. The molecule has 2 heterocycles. The van der Waals surface area contributed by atoms with E-state index in [4.69, 9.17) is 21.7 Å². The van der Waals surface area contributed by atoms with E-state index in [1.807, 2.05) is 54.6 Å². The van der Waals surface area contributed by atoms with Gasteiger partial charge >= 0.3 is 0 Å². The number of hydrogen-bond acceptors (Lipinski definition) is 6. The van der Waals surface area contributed by atoms with E-state index in [0.29, 0.717) is 38.5 Å². The van der Waals surface area contributed by atoms with Gasteiger partial charge in [-0.1, -0.05) is 72.5 Å². The number of amides is 2. The van der Waals surface area contributed by atoms with Gasteiger partial charge in [0.1, 0.15) is 11.5 Å². The minimum absolute atomic E-state index is 0.219. The number of para-hydroxylation sites is 1. The van der Waals surface area contributed by atoms with Crippen LogP contribution >= 0.6 is 24.0 Å². The van der Waals surface area contributed by atoms with Gasteiger partial charge in [0, 0.05) is 11.6 Å². The first-order valence-corrected chi connectivity index (χ1v) is 11.7. The van der Waals surface area contributed by atoms with Gasteiger partial charge in [-0.15, -0.1) is 0 Å². The third-order valence-electron chi connectivity index (χ3n) is 5.73. The van der Waals surface area contributed by atoms with Crippen LogP contribution in [0.2, 0.25) is 0 Å². The Labute approximate surface area is 206 Å². The maximum absolute atomic E-state index is 13.7. The number of anilines is 2. The number of rotatable bonds is 5. The van der Waals surface area contributed by atoms with Crippen molar-refractivity contribution in [2.45, 2.75) is 6.54 Å². The lowest BCUT2D eigenvalue weighted by atomic mass is 10.1. The molecule has 0 aliphatic carbocycles. The Morgan fingerprint density at radius 3 is 2.32 bits per heavy atom. The van der Waals surface area contributed by atoms with Crippen molar-refractivity contribution in [1.29, 1.82) is 0 Å². The lowest BCUT2D eigenvalue weighted by Crippen LogP contribution is -2.29. The third-order valence-corrected chi connectivity index (χ3v) is 7.10. The number of thiocarbonyl (C=S) groups is 1. The number of methoxy groups -OCH3 is 2. The van der Waals surface area contributed by atoms with Gasteiger partial charge in [0.25, 0.3) is 11.8 Å². The molecule has 0 bridgehead atoms. The molecule has 3 aromatic rings. The average Bonchev–Trinajstić information content (AvgIpc) is 3.31. The van der Waals surface area contributed by atoms with Crippen molar-refractivity contribution in [1.82, 2.24) is 0 Å².